The lowest BCUT2D eigenvalue weighted by molar-refractivity contribution is 0.681. The van der Waals surface area contributed by atoms with Gasteiger partial charge in [-0.1, -0.05) is 43.7 Å². The maximum Gasteiger partial charge on any atom is 0.127 e. The number of fused-ring (bicyclic) bond motifs is 1. The number of rotatable bonds is 6. The molecule has 3 heterocycles. The highest BCUT2D eigenvalue weighted by Gasteiger charge is 2.20. The van der Waals surface area contributed by atoms with Crippen LogP contribution in [0.5, 0.6) is 0 Å². The first-order valence-corrected chi connectivity index (χ1v) is 11.7. The van der Waals surface area contributed by atoms with Crippen molar-refractivity contribution in [2.24, 2.45) is 0 Å². The van der Waals surface area contributed by atoms with Gasteiger partial charge in [-0.05, 0) is 30.5 Å². The molecule has 1 atom stereocenters. The van der Waals surface area contributed by atoms with E-state index in [1.165, 1.54) is 11.3 Å². The molecule has 0 amide bonds. The number of aryl methyl sites for hydroxylation is 1. The molecule has 148 valence electrons. The third-order valence-electron chi connectivity index (χ3n) is 4.72. The Hall–Kier alpha value is -2.64. The summed E-state index contributed by atoms with van der Waals surface area (Å²) in [4.78, 5) is 14.2. The number of thiophene rings is 1. The normalized spacial score (nSPS) is 12.3. The molecule has 0 radical (unpaired) electrons. The molecule has 29 heavy (non-hydrogen) atoms. The largest absolute Gasteiger partial charge is 0.396 e. The van der Waals surface area contributed by atoms with Gasteiger partial charge in [0.2, 0.25) is 0 Å². The number of nitrogens with two attached hydrogens (primary N) is 1. The summed E-state index contributed by atoms with van der Waals surface area (Å²) in [5.74, 6) is 1.33. The lowest BCUT2D eigenvalue weighted by Crippen LogP contribution is -1.99. The van der Waals surface area contributed by atoms with E-state index in [0.29, 0.717) is 17.3 Å². The molecule has 7 heteroatoms. The number of unbranched alkanes of at least 4 members (excludes halogenated alkanes) is 1. The molecule has 0 saturated carbocycles. The molecule has 0 unspecified atom stereocenters. The standard InChI is InChI=1S/C22H22N4OS2/c1-3-4-10-29(27)22-20(23)19-17(15-8-6-5-7-9-15)11-18(26-21(19)28-22)16-12-24-14(2)25-13-16/h5-9,11-13H,3-4,10,23H2,1-2H3/t29-/m1/s1. The summed E-state index contributed by atoms with van der Waals surface area (Å²) in [7, 11) is -1.12. The van der Waals surface area contributed by atoms with Crippen LogP contribution in [0.15, 0.2) is 53.0 Å². The van der Waals surface area contributed by atoms with Gasteiger partial charge in [0, 0.05) is 29.1 Å². The lowest BCUT2D eigenvalue weighted by atomic mass is 10.0. The molecule has 0 bridgehead atoms. The average Bonchev–Trinajstić information content (AvgIpc) is 3.09. The van der Waals surface area contributed by atoms with Crippen molar-refractivity contribution >= 4 is 38.0 Å². The van der Waals surface area contributed by atoms with Gasteiger partial charge in [0.05, 0.1) is 22.2 Å². The maximum absolute atomic E-state index is 12.8. The number of hydrogen-bond acceptors (Lipinski definition) is 6. The molecule has 4 rings (SSSR count). The second-order valence-electron chi connectivity index (χ2n) is 6.83. The van der Waals surface area contributed by atoms with Crippen molar-refractivity contribution in [1.29, 1.82) is 0 Å². The lowest BCUT2D eigenvalue weighted by Gasteiger charge is -2.08. The van der Waals surface area contributed by atoms with E-state index in [0.717, 1.165) is 49.7 Å². The van der Waals surface area contributed by atoms with Crippen molar-refractivity contribution in [3.8, 4) is 22.4 Å². The van der Waals surface area contributed by atoms with Crippen LogP contribution in [-0.2, 0) is 10.8 Å². The Balaban J connectivity index is 1.94. The van der Waals surface area contributed by atoms with Gasteiger partial charge in [-0.25, -0.2) is 15.0 Å². The highest BCUT2D eigenvalue weighted by atomic mass is 32.2. The molecular formula is C22H22N4OS2. The summed E-state index contributed by atoms with van der Waals surface area (Å²) in [6.45, 7) is 3.95. The Morgan fingerprint density at radius 2 is 1.83 bits per heavy atom. The molecule has 0 aliphatic carbocycles. The topological polar surface area (TPSA) is 81.8 Å². The predicted molar refractivity (Wildman–Crippen MR) is 121 cm³/mol. The van der Waals surface area contributed by atoms with Gasteiger partial charge >= 0.3 is 0 Å². The molecule has 3 aromatic heterocycles. The number of hydrogen-bond donors (Lipinski definition) is 1. The number of aromatic nitrogens is 3. The van der Waals surface area contributed by atoms with Gasteiger partial charge in [-0.15, -0.1) is 11.3 Å². The summed E-state index contributed by atoms with van der Waals surface area (Å²) >= 11 is 1.43. The molecule has 0 saturated heterocycles. The van der Waals surface area contributed by atoms with E-state index in [4.69, 9.17) is 10.7 Å². The van der Waals surface area contributed by atoms with E-state index in [-0.39, 0.29) is 0 Å². The molecule has 0 aliphatic heterocycles. The van der Waals surface area contributed by atoms with Crippen LogP contribution in [0, 0.1) is 6.92 Å². The molecular weight excluding hydrogens is 400 g/mol. The molecule has 0 fully saturated rings. The fraction of sp³-hybridized carbons (Fsp3) is 0.227. The Bertz CT molecular complexity index is 1170. The summed E-state index contributed by atoms with van der Waals surface area (Å²) in [5, 5.41) is 0.873. The monoisotopic (exact) mass is 422 g/mol. The number of nitrogens with zero attached hydrogens (tertiary/aromatic N) is 3. The minimum atomic E-state index is -1.12. The zero-order chi connectivity index (χ0) is 20.4. The van der Waals surface area contributed by atoms with Crippen LogP contribution in [0.4, 0.5) is 5.69 Å². The zero-order valence-corrected chi connectivity index (χ0v) is 18.0. The first kappa shape index (κ1) is 19.7. The highest BCUT2D eigenvalue weighted by Crippen LogP contribution is 2.42. The molecule has 0 aliphatic rings. The van der Waals surface area contributed by atoms with Crippen molar-refractivity contribution in [2.45, 2.75) is 30.9 Å². The third-order valence-corrected chi connectivity index (χ3v) is 7.71. The van der Waals surface area contributed by atoms with E-state index in [1.54, 1.807) is 12.4 Å². The smallest absolute Gasteiger partial charge is 0.127 e. The molecule has 5 nitrogen and oxygen atoms in total. The number of nitrogen functional groups attached to an aromatic ring is 1. The quantitative estimate of drug-likeness (QED) is 0.461. The number of benzene rings is 1. The van der Waals surface area contributed by atoms with Gasteiger partial charge in [0.15, 0.2) is 0 Å². The summed E-state index contributed by atoms with van der Waals surface area (Å²) < 4.78 is 13.5. The minimum absolute atomic E-state index is 0.581. The van der Waals surface area contributed by atoms with Crippen molar-refractivity contribution < 1.29 is 4.21 Å². The van der Waals surface area contributed by atoms with Crippen molar-refractivity contribution in [3.05, 3.63) is 54.6 Å². The van der Waals surface area contributed by atoms with Gasteiger partial charge in [-0.2, -0.15) is 0 Å². The van der Waals surface area contributed by atoms with Crippen LogP contribution < -0.4 is 5.73 Å². The van der Waals surface area contributed by atoms with E-state index < -0.39 is 10.8 Å². The molecule has 1 aromatic carbocycles. The van der Waals surface area contributed by atoms with Crippen LogP contribution in [-0.4, -0.2) is 24.9 Å². The fourth-order valence-electron chi connectivity index (χ4n) is 3.16. The summed E-state index contributed by atoms with van der Waals surface area (Å²) in [6.07, 6.45) is 5.47. The van der Waals surface area contributed by atoms with Crippen LogP contribution in [0.25, 0.3) is 32.6 Å². The predicted octanol–water partition coefficient (Wildman–Crippen LogP) is 5.22. The van der Waals surface area contributed by atoms with Crippen LogP contribution in [0.1, 0.15) is 25.6 Å². The molecule has 2 N–H and O–H groups in total. The Morgan fingerprint density at radius 3 is 2.52 bits per heavy atom. The Morgan fingerprint density at radius 1 is 1.10 bits per heavy atom. The Kier molecular flexibility index (Phi) is 5.69. The number of pyridine rings is 1. The van der Waals surface area contributed by atoms with E-state index >= 15 is 0 Å². The first-order chi connectivity index (χ1) is 14.1. The van der Waals surface area contributed by atoms with Crippen molar-refractivity contribution in [1.82, 2.24) is 15.0 Å². The Labute approximate surface area is 176 Å². The van der Waals surface area contributed by atoms with Crippen molar-refractivity contribution in [2.75, 3.05) is 11.5 Å². The molecule has 0 spiro atoms. The second kappa shape index (κ2) is 8.39. The highest BCUT2D eigenvalue weighted by molar-refractivity contribution is 7.87. The van der Waals surface area contributed by atoms with E-state index in [9.17, 15) is 4.21 Å². The summed E-state index contributed by atoms with van der Waals surface area (Å²) in [5.41, 5.74) is 10.7. The average molecular weight is 423 g/mol. The summed E-state index contributed by atoms with van der Waals surface area (Å²) in [6, 6.07) is 12.1. The fourth-order valence-corrected chi connectivity index (χ4v) is 5.95. The third kappa shape index (κ3) is 3.93. The second-order valence-corrected chi connectivity index (χ2v) is 9.59. The minimum Gasteiger partial charge on any atom is -0.396 e. The van der Waals surface area contributed by atoms with Gasteiger partial charge in [0.1, 0.15) is 14.9 Å². The number of anilines is 1. The van der Waals surface area contributed by atoms with Crippen LogP contribution >= 0.6 is 11.3 Å². The maximum atomic E-state index is 12.8. The molecule has 4 aromatic rings. The van der Waals surface area contributed by atoms with Gasteiger partial charge in [-0.3, -0.25) is 4.21 Å². The van der Waals surface area contributed by atoms with Crippen molar-refractivity contribution in [3.63, 3.8) is 0 Å². The van der Waals surface area contributed by atoms with Gasteiger partial charge in [0.25, 0.3) is 0 Å². The first-order valence-electron chi connectivity index (χ1n) is 9.54. The SMILES string of the molecule is CCCC[S@@](=O)c1sc2nc(-c3cnc(C)nc3)cc(-c3ccccc3)c2c1N. The van der Waals surface area contributed by atoms with Crippen LogP contribution in [0.2, 0.25) is 0 Å². The van der Waals surface area contributed by atoms with E-state index in [2.05, 4.69) is 29.0 Å². The van der Waals surface area contributed by atoms with Crippen LogP contribution in [0.3, 0.4) is 0 Å². The van der Waals surface area contributed by atoms with E-state index in [1.807, 2.05) is 31.2 Å². The van der Waals surface area contributed by atoms with Gasteiger partial charge < -0.3 is 5.73 Å². The zero-order valence-electron chi connectivity index (χ0n) is 16.4.